The number of para-hydroxylation sites is 1. The second-order valence-electron chi connectivity index (χ2n) is 17.2. The summed E-state index contributed by atoms with van der Waals surface area (Å²) in [4.78, 5) is 2.37. The Hall–Kier alpha value is -8.72. The molecular formula is C64H41NO. The van der Waals surface area contributed by atoms with Crippen molar-refractivity contribution in [2.24, 2.45) is 0 Å². The van der Waals surface area contributed by atoms with E-state index in [-0.39, 0.29) is 0 Å². The molecule has 0 fully saturated rings. The Morgan fingerprint density at radius 1 is 0.242 bits per heavy atom. The standard InChI is InChI=1S/C64H41NO/c1-2-19-52-43(13-1)14-11-25-53(52)48-17-9-15-45(39-48)46-16-10-18-51(40-46)65(50-36-31-44(32-37-50)54-26-12-28-63-64(54)60-24-7-8-27-62(60)66-63)49-34-29-42(30-35-49)47-33-38-59-57-22-4-3-20-55(57)56-21-5-6-23-58(56)61(59)41-47/h1-41H. The van der Waals surface area contributed by atoms with Crippen LogP contribution in [-0.2, 0) is 0 Å². The van der Waals surface area contributed by atoms with Crippen LogP contribution >= 0.6 is 0 Å². The van der Waals surface area contributed by atoms with Gasteiger partial charge in [0.1, 0.15) is 11.2 Å². The van der Waals surface area contributed by atoms with E-state index in [2.05, 4.69) is 241 Å². The summed E-state index contributed by atoms with van der Waals surface area (Å²) in [6.45, 7) is 0. The highest BCUT2D eigenvalue weighted by Crippen LogP contribution is 2.43. The lowest BCUT2D eigenvalue weighted by Gasteiger charge is -2.26. The van der Waals surface area contributed by atoms with Gasteiger partial charge in [-0.2, -0.15) is 0 Å². The van der Waals surface area contributed by atoms with Crippen LogP contribution in [0, 0.1) is 0 Å². The molecule has 0 bridgehead atoms. The Labute approximate surface area is 382 Å². The van der Waals surface area contributed by atoms with Gasteiger partial charge in [-0.25, -0.2) is 0 Å². The molecule has 0 aliphatic carbocycles. The van der Waals surface area contributed by atoms with Crippen LogP contribution < -0.4 is 4.90 Å². The molecule has 0 spiro atoms. The number of hydrogen-bond donors (Lipinski definition) is 0. The number of nitrogens with zero attached hydrogens (tertiary/aromatic N) is 1. The average molecular weight is 840 g/mol. The molecule has 1 heterocycles. The molecule has 2 nitrogen and oxygen atoms in total. The van der Waals surface area contributed by atoms with Crippen molar-refractivity contribution in [2.75, 3.05) is 4.90 Å². The second kappa shape index (κ2) is 15.5. The Kier molecular flexibility index (Phi) is 8.89. The molecule has 1 aromatic heterocycles. The Morgan fingerprint density at radius 2 is 0.727 bits per heavy atom. The maximum absolute atomic E-state index is 6.28. The zero-order valence-corrected chi connectivity index (χ0v) is 36.0. The minimum atomic E-state index is 0.897. The van der Waals surface area contributed by atoms with E-state index < -0.39 is 0 Å². The second-order valence-corrected chi connectivity index (χ2v) is 17.2. The van der Waals surface area contributed by atoms with E-state index in [0.717, 1.165) is 55.7 Å². The van der Waals surface area contributed by atoms with Crippen LogP contribution in [0.15, 0.2) is 253 Å². The number of hydrogen-bond acceptors (Lipinski definition) is 2. The molecule has 0 saturated carbocycles. The van der Waals surface area contributed by atoms with Crippen molar-refractivity contribution in [3.63, 3.8) is 0 Å². The third-order valence-corrected chi connectivity index (χ3v) is 13.4. The van der Waals surface area contributed by atoms with Crippen LogP contribution in [0.5, 0.6) is 0 Å². The lowest BCUT2D eigenvalue weighted by molar-refractivity contribution is 0.669. The van der Waals surface area contributed by atoms with Crippen molar-refractivity contribution in [2.45, 2.75) is 0 Å². The highest BCUT2D eigenvalue weighted by Gasteiger charge is 2.18. The molecule has 2 heteroatoms. The monoisotopic (exact) mass is 839 g/mol. The van der Waals surface area contributed by atoms with Crippen LogP contribution in [0.1, 0.15) is 0 Å². The fraction of sp³-hybridized carbons (Fsp3) is 0. The summed E-state index contributed by atoms with van der Waals surface area (Å²) < 4.78 is 6.28. The van der Waals surface area contributed by atoms with Gasteiger partial charge in [0.15, 0.2) is 0 Å². The Balaban J connectivity index is 0.918. The highest BCUT2D eigenvalue weighted by molar-refractivity contribution is 6.25. The summed E-state index contributed by atoms with van der Waals surface area (Å²) in [7, 11) is 0. The van der Waals surface area contributed by atoms with Gasteiger partial charge in [-0.1, -0.05) is 188 Å². The van der Waals surface area contributed by atoms with Crippen molar-refractivity contribution < 1.29 is 4.42 Å². The maximum Gasteiger partial charge on any atom is 0.136 e. The van der Waals surface area contributed by atoms with Crippen LogP contribution in [0.25, 0.3) is 110 Å². The van der Waals surface area contributed by atoms with Gasteiger partial charge in [0.2, 0.25) is 0 Å². The van der Waals surface area contributed by atoms with E-state index in [0.29, 0.717) is 0 Å². The van der Waals surface area contributed by atoms with Crippen LogP contribution in [0.4, 0.5) is 17.1 Å². The van der Waals surface area contributed by atoms with Gasteiger partial charge in [0.05, 0.1) is 0 Å². The highest BCUT2D eigenvalue weighted by atomic mass is 16.3. The van der Waals surface area contributed by atoms with Gasteiger partial charge in [-0.3, -0.25) is 0 Å². The first-order chi connectivity index (χ1) is 32.7. The van der Waals surface area contributed by atoms with Crippen LogP contribution in [0.2, 0.25) is 0 Å². The van der Waals surface area contributed by atoms with Crippen molar-refractivity contribution in [3.8, 4) is 44.5 Å². The largest absolute Gasteiger partial charge is 0.456 e. The topological polar surface area (TPSA) is 16.4 Å². The number of furan rings is 1. The molecule has 308 valence electrons. The molecule has 66 heavy (non-hydrogen) atoms. The predicted molar refractivity (Wildman–Crippen MR) is 280 cm³/mol. The molecule has 0 unspecified atom stereocenters. The van der Waals surface area contributed by atoms with E-state index in [9.17, 15) is 0 Å². The summed E-state index contributed by atoms with van der Waals surface area (Å²) in [6, 6.07) is 90.3. The normalized spacial score (nSPS) is 11.6. The van der Waals surface area contributed by atoms with Crippen molar-refractivity contribution >= 4 is 82.1 Å². The fourth-order valence-electron chi connectivity index (χ4n) is 10.3. The molecule has 0 radical (unpaired) electrons. The minimum absolute atomic E-state index is 0.897. The van der Waals surface area contributed by atoms with E-state index in [4.69, 9.17) is 4.42 Å². The van der Waals surface area contributed by atoms with Gasteiger partial charge in [0, 0.05) is 27.8 Å². The lowest BCUT2D eigenvalue weighted by atomic mass is 9.92. The van der Waals surface area contributed by atoms with Crippen molar-refractivity contribution in [1.29, 1.82) is 0 Å². The smallest absolute Gasteiger partial charge is 0.136 e. The number of benzene rings is 12. The molecule has 12 aromatic carbocycles. The van der Waals surface area contributed by atoms with Gasteiger partial charge >= 0.3 is 0 Å². The first-order valence-electron chi connectivity index (χ1n) is 22.7. The number of fused-ring (bicyclic) bond motifs is 10. The summed E-state index contributed by atoms with van der Waals surface area (Å²) in [5.41, 5.74) is 14.5. The summed E-state index contributed by atoms with van der Waals surface area (Å²) in [5, 5.41) is 12.5. The molecule has 0 aliphatic heterocycles. The number of rotatable bonds is 7. The summed E-state index contributed by atoms with van der Waals surface area (Å²) >= 11 is 0. The van der Waals surface area contributed by atoms with Gasteiger partial charge in [-0.05, 0) is 148 Å². The third kappa shape index (κ3) is 6.34. The first-order valence-corrected chi connectivity index (χ1v) is 22.7. The quantitative estimate of drug-likeness (QED) is 0.149. The van der Waals surface area contributed by atoms with Crippen LogP contribution in [-0.4, -0.2) is 0 Å². The van der Waals surface area contributed by atoms with Crippen molar-refractivity contribution in [3.05, 3.63) is 249 Å². The van der Waals surface area contributed by atoms with Gasteiger partial charge in [0.25, 0.3) is 0 Å². The molecule has 13 rings (SSSR count). The summed E-state index contributed by atoms with van der Waals surface area (Å²) in [5.74, 6) is 0. The van der Waals surface area contributed by atoms with Gasteiger partial charge in [-0.15, -0.1) is 0 Å². The number of anilines is 3. The molecule has 0 amide bonds. The van der Waals surface area contributed by atoms with E-state index in [1.807, 2.05) is 12.1 Å². The Bertz CT molecular complexity index is 3950. The Morgan fingerprint density at radius 3 is 1.47 bits per heavy atom. The maximum atomic E-state index is 6.28. The third-order valence-electron chi connectivity index (χ3n) is 13.4. The van der Waals surface area contributed by atoms with E-state index in [1.165, 1.54) is 70.9 Å². The molecule has 0 saturated heterocycles. The minimum Gasteiger partial charge on any atom is -0.456 e. The van der Waals surface area contributed by atoms with Crippen LogP contribution in [0.3, 0.4) is 0 Å². The SMILES string of the molecule is c1cc(-c2cccc(N(c3ccc(-c4ccc5c6ccccc6c6ccccc6c5c4)cc3)c3ccc(-c4cccc5oc6ccccc6c45)cc3)c2)cc(-c2cccc3ccccc23)c1. The van der Waals surface area contributed by atoms with E-state index in [1.54, 1.807) is 0 Å². The first kappa shape index (κ1) is 37.8. The molecule has 0 atom stereocenters. The molecular weight excluding hydrogens is 799 g/mol. The fourth-order valence-corrected chi connectivity index (χ4v) is 10.3. The average Bonchev–Trinajstić information content (AvgIpc) is 3.78. The lowest BCUT2D eigenvalue weighted by Crippen LogP contribution is -2.10. The zero-order chi connectivity index (χ0) is 43.6. The predicted octanol–water partition coefficient (Wildman–Crippen LogP) is 18.3. The van der Waals surface area contributed by atoms with Gasteiger partial charge < -0.3 is 9.32 Å². The molecule has 0 N–H and O–H groups in total. The molecule has 0 aliphatic rings. The zero-order valence-electron chi connectivity index (χ0n) is 36.0. The van der Waals surface area contributed by atoms with Crippen molar-refractivity contribution in [1.82, 2.24) is 0 Å². The van der Waals surface area contributed by atoms with E-state index >= 15 is 0 Å². The summed E-state index contributed by atoms with van der Waals surface area (Å²) in [6.07, 6.45) is 0. The molecule has 13 aromatic rings.